The maximum Gasteiger partial charge on any atom is 0.573 e. The second-order valence-electron chi connectivity index (χ2n) is 5.89. The van der Waals surface area contributed by atoms with Gasteiger partial charge in [-0.15, -0.1) is 13.2 Å². The van der Waals surface area contributed by atoms with Gasteiger partial charge >= 0.3 is 6.36 Å². The Kier molecular flexibility index (Phi) is 5.55. The zero-order valence-corrected chi connectivity index (χ0v) is 15.6. The Morgan fingerprint density at radius 1 is 0.963 bits per heavy atom. The number of anilines is 1. The van der Waals surface area contributed by atoms with Crippen LogP contribution in [0.2, 0.25) is 5.02 Å². The number of rotatable bonds is 4. The smallest absolute Gasteiger partial charge is 0.406 e. The Morgan fingerprint density at radius 2 is 1.59 bits per heavy atom. The highest BCUT2D eigenvalue weighted by Crippen LogP contribution is 2.26. The zero-order chi connectivity index (χ0) is 19.7. The lowest BCUT2D eigenvalue weighted by atomic mass is 10.2. The Labute approximate surface area is 160 Å². The van der Waals surface area contributed by atoms with Gasteiger partial charge in [-0.25, -0.2) is 8.42 Å². The van der Waals surface area contributed by atoms with Crippen LogP contribution in [-0.4, -0.2) is 45.3 Å². The van der Waals surface area contributed by atoms with Crippen molar-refractivity contribution in [2.75, 3.05) is 31.1 Å². The highest BCUT2D eigenvalue weighted by atomic mass is 35.5. The van der Waals surface area contributed by atoms with E-state index in [-0.39, 0.29) is 18.0 Å². The van der Waals surface area contributed by atoms with E-state index in [9.17, 15) is 21.6 Å². The van der Waals surface area contributed by atoms with Gasteiger partial charge in [0.1, 0.15) is 5.75 Å². The molecular weight excluding hydrogens is 405 g/mol. The van der Waals surface area contributed by atoms with Crippen molar-refractivity contribution >= 4 is 27.3 Å². The van der Waals surface area contributed by atoms with Gasteiger partial charge in [0.25, 0.3) is 0 Å². The van der Waals surface area contributed by atoms with Crippen LogP contribution in [0, 0.1) is 0 Å². The fourth-order valence-corrected chi connectivity index (χ4v) is 4.43. The standard InChI is InChI=1S/C17H16ClF3N2O3S/c18-13-2-1-3-14(12-13)22-8-10-23(11-9-22)27(24,25)16-6-4-15(5-7-16)26-17(19,20)21/h1-7,12H,8-11H2. The molecule has 1 aliphatic rings. The van der Waals surface area contributed by atoms with Crippen molar-refractivity contribution in [3.63, 3.8) is 0 Å². The Bertz CT molecular complexity index is 896. The highest BCUT2D eigenvalue weighted by Gasteiger charge is 2.32. The van der Waals surface area contributed by atoms with Crippen molar-refractivity contribution in [1.82, 2.24) is 4.31 Å². The van der Waals surface area contributed by atoms with E-state index < -0.39 is 22.1 Å². The lowest BCUT2D eigenvalue weighted by molar-refractivity contribution is -0.274. The number of hydrogen-bond donors (Lipinski definition) is 0. The average Bonchev–Trinajstić information content (AvgIpc) is 2.61. The molecule has 3 rings (SSSR count). The number of sulfonamides is 1. The highest BCUT2D eigenvalue weighted by molar-refractivity contribution is 7.89. The molecule has 27 heavy (non-hydrogen) atoms. The molecule has 1 fully saturated rings. The van der Waals surface area contributed by atoms with Gasteiger partial charge in [-0.3, -0.25) is 0 Å². The fourth-order valence-electron chi connectivity index (χ4n) is 2.82. The van der Waals surface area contributed by atoms with Crippen LogP contribution in [0.25, 0.3) is 0 Å². The number of hydrogen-bond acceptors (Lipinski definition) is 4. The van der Waals surface area contributed by atoms with Gasteiger partial charge in [0.2, 0.25) is 10.0 Å². The summed E-state index contributed by atoms with van der Waals surface area (Å²) in [7, 11) is -3.79. The number of nitrogens with zero attached hydrogens (tertiary/aromatic N) is 2. The number of piperazine rings is 1. The van der Waals surface area contributed by atoms with E-state index in [1.165, 1.54) is 4.31 Å². The molecule has 5 nitrogen and oxygen atoms in total. The predicted molar refractivity (Wildman–Crippen MR) is 95.5 cm³/mol. The van der Waals surface area contributed by atoms with Gasteiger partial charge in [0, 0.05) is 36.9 Å². The summed E-state index contributed by atoms with van der Waals surface area (Å²) in [6.07, 6.45) is -4.82. The summed E-state index contributed by atoms with van der Waals surface area (Å²) < 4.78 is 67.1. The number of benzene rings is 2. The summed E-state index contributed by atoms with van der Waals surface area (Å²) >= 11 is 5.98. The molecule has 1 heterocycles. The summed E-state index contributed by atoms with van der Waals surface area (Å²) in [6, 6.07) is 11.5. The normalized spacial score (nSPS) is 16.4. The van der Waals surface area contributed by atoms with Crippen molar-refractivity contribution in [3.05, 3.63) is 53.6 Å². The topological polar surface area (TPSA) is 49.9 Å². The third kappa shape index (κ3) is 4.85. The molecule has 0 aliphatic carbocycles. The number of halogens is 4. The first-order chi connectivity index (χ1) is 12.6. The van der Waals surface area contributed by atoms with Gasteiger partial charge in [0.15, 0.2) is 0 Å². The maximum atomic E-state index is 12.7. The van der Waals surface area contributed by atoms with E-state index in [0.717, 1.165) is 30.0 Å². The summed E-state index contributed by atoms with van der Waals surface area (Å²) in [5.74, 6) is -0.466. The van der Waals surface area contributed by atoms with E-state index in [1.807, 2.05) is 23.1 Å². The van der Waals surface area contributed by atoms with Gasteiger partial charge in [0.05, 0.1) is 4.90 Å². The molecule has 0 radical (unpaired) electrons. The van der Waals surface area contributed by atoms with Gasteiger partial charge in [-0.1, -0.05) is 17.7 Å². The predicted octanol–water partition coefficient (Wildman–Crippen LogP) is 3.75. The molecule has 0 amide bonds. The van der Waals surface area contributed by atoms with Crippen LogP contribution in [0.5, 0.6) is 5.75 Å². The first-order valence-corrected chi connectivity index (χ1v) is 9.83. The van der Waals surface area contributed by atoms with Crippen LogP contribution in [0.4, 0.5) is 18.9 Å². The minimum absolute atomic E-state index is 0.0757. The van der Waals surface area contributed by atoms with Crippen LogP contribution in [0.15, 0.2) is 53.4 Å². The molecule has 1 saturated heterocycles. The van der Waals surface area contributed by atoms with E-state index in [0.29, 0.717) is 18.1 Å². The third-order valence-electron chi connectivity index (χ3n) is 4.11. The van der Waals surface area contributed by atoms with Crippen LogP contribution in [0.3, 0.4) is 0 Å². The van der Waals surface area contributed by atoms with Gasteiger partial charge < -0.3 is 9.64 Å². The first-order valence-electron chi connectivity index (χ1n) is 8.02. The third-order valence-corrected chi connectivity index (χ3v) is 6.26. The van der Waals surface area contributed by atoms with E-state index >= 15 is 0 Å². The second kappa shape index (κ2) is 7.57. The molecule has 0 spiro atoms. The molecule has 10 heteroatoms. The Morgan fingerprint density at radius 3 is 2.15 bits per heavy atom. The van der Waals surface area contributed by atoms with Crippen molar-refractivity contribution in [2.24, 2.45) is 0 Å². The molecule has 0 saturated carbocycles. The quantitative estimate of drug-likeness (QED) is 0.756. The summed E-state index contributed by atoms with van der Waals surface area (Å²) in [4.78, 5) is 1.95. The lowest BCUT2D eigenvalue weighted by Crippen LogP contribution is -2.48. The van der Waals surface area contributed by atoms with Gasteiger partial charge in [-0.2, -0.15) is 4.31 Å². The molecule has 2 aromatic carbocycles. The number of alkyl halides is 3. The number of ether oxygens (including phenoxy) is 1. The van der Waals surface area contributed by atoms with Crippen molar-refractivity contribution in [3.8, 4) is 5.75 Å². The molecule has 146 valence electrons. The maximum absolute atomic E-state index is 12.7. The molecule has 0 atom stereocenters. The largest absolute Gasteiger partial charge is 0.573 e. The summed E-state index contributed by atoms with van der Waals surface area (Å²) in [5.41, 5.74) is 0.910. The Hall–Kier alpha value is -1.97. The summed E-state index contributed by atoms with van der Waals surface area (Å²) in [6.45, 7) is 1.48. The van der Waals surface area contributed by atoms with Crippen LogP contribution < -0.4 is 9.64 Å². The molecule has 0 aromatic heterocycles. The zero-order valence-electron chi connectivity index (χ0n) is 14.0. The van der Waals surface area contributed by atoms with Crippen molar-refractivity contribution in [1.29, 1.82) is 0 Å². The minimum Gasteiger partial charge on any atom is -0.406 e. The van der Waals surface area contributed by atoms with E-state index in [2.05, 4.69) is 4.74 Å². The molecule has 2 aromatic rings. The first kappa shape index (κ1) is 19.8. The second-order valence-corrected chi connectivity index (χ2v) is 8.26. The van der Waals surface area contributed by atoms with E-state index in [1.54, 1.807) is 6.07 Å². The fraction of sp³-hybridized carbons (Fsp3) is 0.294. The van der Waals surface area contributed by atoms with E-state index in [4.69, 9.17) is 11.6 Å². The van der Waals surface area contributed by atoms with Crippen LogP contribution in [-0.2, 0) is 10.0 Å². The van der Waals surface area contributed by atoms with Gasteiger partial charge in [-0.05, 0) is 42.5 Å². The Balaban J connectivity index is 1.68. The molecular formula is C17H16ClF3N2O3S. The van der Waals surface area contributed by atoms with Crippen LogP contribution >= 0.6 is 11.6 Å². The summed E-state index contributed by atoms with van der Waals surface area (Å²) in [5, 5.41) is 0.601. The van der Waals surface area contributed by atoms with Crippen molar-refractivity contribution < 1.29 is 26.3 Å². The lowest BCUT2D eigenvalue weighted by Gasteiger charge is -2.35. The molecule has 0 bridgehead atoms. The minimum atomic E-state index is -4.82. The average molecular weight is 421 g/mol. The molecule has 0 N–H and O–H groups in total. The molecule has 1 aliphatic heterocycles. The van der Waals surface area contributed by atoms with Crippen LogP contribution in [0.1, 0.15) is 0 Å². The molecule has 0 unspecified atom stereocenters. The monoisotopic (exact) mass is 420 g/mol. The van der Waals surface area contributed by atoms with Crippen molar-refractivity contribution in [2.45, 2.75) is 11.3 Å². The SMILES string of the molecule is O=S(=O)(c1ccc(OC(F)(F)F)cc1)N1CCN(c2cccc(Cl)c2)CC1.